The second-order valence-electron chi connectivity index (χ2n) is 7.35. The summed E-state index contributed by atoms with van der Waals surface area (Å²) in [4.78, 5) is 11.0. The highest BCUT2D eigenvalue weighted by molar-refractivity contribution is 5.69. The summed E-state index contributed by atoms with van der Waals surface area (Å²) in [5.74, 6) is -1.65. The molecule has 0 aromatic heterocycles. The summed E-state index contributed by atoms with van der Waals surface area (Å²) in [5, 5.41) is 30.3. The number of hydrogen-bond acceptors (Lipinski definition) is 5. The third kappa shape index (κ3) is 8.54. The maximum absolute atomic E-state index is 14.3. The van der Waals surface area contributed by atoms with Crippen LogP contribution in [0.15, 0.2) is 24.1 Å². The lowest BCUT2D eigenvalue weighted by Crippen LogP contribution is -2.21. The fourth-order valence-corrected chi connectivity index (χ4v) is 3.53. The van der Waals surface area contributed by atoms with Crippen LogP contribution in [0, 0.1) is 11.8 Å². The molecule has 1 aliphatic rings. The number of esters is 1. The van der Waals surface area contributed by atoms with Crippen molar-refractivity contribution in [3.8, 4) is 0 Å². The van der Waals surface area contributed by atoms with Gasteiger partial charge < -0.3 is 20.1 Å². The van der Waals surface area contributed by atoms with Gasteiger partial charge in [-0.2, -0.15) is 0 Å². The van der Waals surface area contributed by atoms with Crippen molar-refractivity contribution in [2.75, 3.05) is 7.11 Å². The van der Waals surface area contributed by atoms with E-state index in [9.17, 15) is 24.5 Å². The van der Waals surface area contributed by atoms with Crippen molar-refractivity contribution in [1.82, 2.24) is 0 Å². The van der Waals surface area contributed by atoms with E-state index in [1.807, 2.05) is 19.1 Å². The summed E-state index contributed by atoms with van der Waals surface area (Å²) >= 11 is 0. The van der Waals surface area contributed by atoms with Crippen molar-refractivity contribution in [2.24, 2.45) is 11.8 Å². The Hall–Kier alpha value is -1.24. The van der Waals surface area contributed by atoms with Gasteiger partial charge in [-0.25, -0.2) is 4.39 Å². The highest BCUT2D eigenvalue weighted by Crippen LogP contribution is 2.37. The predicted octanol–water partition coefficient (Wildman–Crippen LogP) is 3.43. The van der Waals surface area contributed by atoms with Crippen LogP contribution >= 0.6 is 0 Å². The summed E-state index contributed by atoms with van der Waals surface area (Å²) < 4.78 is 18.9. The number of carbonyl (C=O) groups excluding carboxylic acids is 1. The van der Waals surface area contributed by atoms with Crippen molar-refractivity contribution in [3.05, 3.63) is 24.1 Å². The van der Waals surface area contributed by atoms with Gasteiger partial charge in [0.1, 0.15) is 11.9 Å². The molecule has 0 unspecified atom stereocenters. The summed E-state index contributed by atoms with van der Waals surface area (Å²) in [6, 6.07) is 0. The van der Waals surface area contributed by atoms with Gasteiger partial charge in [0.25, 0.3) is 0 Å². The summed E-state index contributed by atoms with van der Waals surface area (Å²) in [6.45, 7) is 2.04. The molecule has 0 radical (unpaired) electrons. The molecule has 0 heterocycles. The molecule has 27 heavy (non-hydrogen) atoms. The van der Waals surface area contributed by atoms with Crippen LogP contribution in [0.5, 0.6) is 0 Å². The second-order valence-corrected chi connectivity index (χ2v) is 7.35. The average Bonchev–Trinajstić information content (AvgIpc) is 2.90. The number of rotatable bonds is 12. The van der Waals surface area contributed by atoms with E-state index >= 15 is 0 Å². The van der Waals surface area contributed by atoms with Crippen molar-refractivity contribution in [3.63, 3.8) is 0 Å². The van der Waals surface area contributed by atoms with Gasteiger partial charge in [-0.3, -0.25) is 4.79 Å². The van der Waals surface area contributed by atoms with Crippen molar-refractivity contribution in [2.45, 2.75) is 83.0 Å². The number of aliphatic hydroxyl groups is 3. The van der Waals surface area contributed by atoms with Crippen molar-refractivity contribution < 1.29 is 29.2 Å². The lowest BCUT2D eigenvalue weighted by Gasteiger charge is -2.20. The topological polar surface area (TPSA) is 87.0 Å². The van der Waals surface area contributed by atoms with E-state index in [-0.39, 0.29) is 18.3 Å². The van der Waals surface area contributed by atoms with Crippen molar-refractivity contribution in [1.29, 1.82) is 0 Å². The minimum Gasteiger partial charge on any atom is -0.469 e. The van der Waals surface area contributed by atoms with Crippen LogP contribution in [0.1, 0.15) is 64.7 Å². The SMILES string of the molecule is CCCCC[C@@H](O)/C(F)=C\[C@@H]1[C@@H](C/C=C\CCCC(=O)OC)[C@@H](O)C[C@H]1O. The fraction of sp³-hybridized carbons (Fsp3) is 0.762. The Kier molecular flexibility index (Phi) is 11.5. The number of methoxy groups -OCH3 is 1. The second kappa shape index (κ2) is 13.0. The minimum absolute atomic E-state index is 0.210. The molecule has 5 nitrogen and oxygen atoms in total. The molecule has 1 fully saturated rings. The highest BCUT2D eigenvalue weighted by atomic mass is 19.1. The maximum atomic E-state index is 14.3. The number of unbranched alkanes of at least 4 members (excludes halogenated alkanes) is 3. The maximum Gasteiger partial charge on any atom is 0.305 e. The molecule has 6 heteroatoms. The van der Waals surface area contributed by atoms with Gasteiger partial charge in [-0.1, -0.05) is 38.3 Å². The van der Waals surface area contributed by atoms with E-state index < -0.39 is 30.1 Å². The van der Waals surface area contributed by atoms with Gasteiger partial charge in [0.2, 0.25) is 0 Å². The Morgan fingerprint density at radius 2 is 1.96 bits per heavy atom. The molecule has 0 aromatic rings. The largest absolute Gasteiger partial charge is 0.469 e. The molecule has 1 saturated carbocycles. The first-order valence-electron chi connectivity index (χ1n) is 10.0. The molecular weight excluding hydrogens is 351 g/mol. The molecule has 1 rings (SSSR count). The third-order valence-corrected chi connectivity index (χ3v) is 5.22. The smallest absolute Gasteiger partial charge is 0.305 e. The monoisotopic (exact) mass is 386 g/mol. The normalized spacial score (nSPS) is 27.3. The summed E-state index contributed by atoms with van der Waals surface area (Å²) in [6.07, 6.45) is 8.01. The van der Waals surface area contributed by atoms with Gasteiger partial charge in [-0.15, -0.1) is 0 Å². The van der Waals surface area contributed by atoms with Gasteiger partial charge in [0.15, 0.2) is 0 Å². The van der Waals surface area contributed by atoms with Crippen LogP contribution in [0.25, 0.3) is 0 Å². The summed E-state index contributed by atoms with van der Waals surface area (Å²) in [5.41, 5.74) is 0. The minimum atomic E-state index is -1.14. The Morgan fingerprint density at radius 3 is 2.63 bits per heavy atom. The Balaban J connectivity index is 2.56. The van der Waals surface area contributed by atoms with E-state index in [0.717, 1.165) is 19.3 Å². The molecule has 1 aliphatic carbocycles. The zero-order valence-corrected chi connectivity index (χ0v) is 16.5. The fourth-order valence-electron chi connectivity index (χ4n) is 3.53. The van der Waals surface area contributed by atoms with E-state index in [4.69, 9.17) is 0 Å². The molecule has 156 valence electrons. The van der Waals surface area contributed by atoms with Gasteiger partial charge in [0.05, 0.1) is 19.3 Å². The van der Waals surface area contributed by atoms with E-state index in [1.165, 1.54) is 13.2 Å². The van der Waals surface area contributed by atoms with Crippen LogP contribution in [0.3, 0.4) is 0 Å². The van der Waals surface area contributed by atoms with Crippen LogP contribution in [-0.2, 0) is 9.53 Å². The molecule has 0 amide bonds. The number of allylic oxidation sites excluding steroid dienone is 2. The lowest BCUT2D eigenvalue weighted by atomic mass is 9.89. The number of ether oxygens (including phenoxy) is 1. The number of halogens is 1. The first-order chi connectivity index (χ1) is 12.9. The molecule has 5 atom stereocenters. The quantitative estimate of drug-likeness (QED) is 0.272. The summed E-state index contributed by atoms with van der Waals surface area (Å²) in [7, 11) is 1.36. The Bertz CT molecular complexity index is 491. The van der Waals surface area contributed by atoms with Crippen LogP contribution < -0.4 is 0 Å². The molecular formula is C21H35FO5. The Morgan fingerprint density at radius 1 is 1.22 bits per heavy atom. The van der Waals surface area contributed by atoms with Crippen molar-refractivity contribution >= 4 is 5.97 Å². The van der Waals surface area contributed by atoms with Crippen LogP contribution in [0.2, 0.25) is 0 Å². The Labute approximate surface area is 161 Å². The first kappa shape index (κ1) is 23.8. The average molecular weight is 387 g/mol. The van der Waals surface area contributed by atoms with Gasteiger partial charge >= 0.3 is 5.97 Å². The molecule has 0 aromatic carbocycles. The molecule has 0 aliphatic heterocycles. The molecule has 0 saturated heterocycles. The van der Waals surface area contributed by atoms with Gasteiger partial charge in [-0.05, 0) is 37.7 Å². The molecule has 3 N–H and O–H groups in total. The first-order valence-corrected chi connectivity index (χ1v) is 10.0. The third-order valence-electron chi connectivity index (χ3n) is 5.22. The number of hydrogen-bond donors (Lipinski definition) is 3. The molecule has 0 spiro atoms. The number of carbonyl (C=O) groups is 1. The predicted molar refractivity (Wildman–Crippen MR) is 103 cm³/mol. The number of aliphatic hydroxyl groups excluding tert-OH is 3. The van der Waals surface area contributed by atoms with Gasteiger partial charge in [0, 0.05) is 18.8 Å². The zero-order chi connectivity index (χ0) is 20.2. The standard InChI is InChI=1S/C21H35FO5/c1-3-4-7-11-18(23)17(22)13-16-15(19(24)14-20(16)25)10-8-5-6-9-12-21(26)27-2/h5,8,13,15-16,18-20,23-25H,3-4,6-7,9-12,14H2,1-2H3/b8-5-,17-13+/t15-,16-,18-,19+,20-/m1/s1. The van der Waals surface area contributed by atoms with E-state index in [1.54, 1.807) is 0 Å². The van der Waals surface area contributed by atoms with Crippen LogP contribution in [0.4, 0.5) is 4.39 Å². The van der Waals surface area contributed by atoms with E-state index in [2.05, 4.69) is 4.74 Å². The zero-order valence-electron chi connectivity index (χ0n) is 16.5. The van der Waals surface area contributed by atoms with Crippen LogP contribution in [-0.4, -0.2) is 46.7 Å². The lowest BCUT2D eigenvalue weighted by molar-refractivity contribution is -0.140. The molecule has 0 bridgehead atoms. The highest BCUT2D eigenvalue weighted by Gasteiger charge is 2.40. The van der Waals surface area contributed by atoms with E-state index in [0.29, 0.717) is 32.1 Å².